The van der Waals surface area contributed by atoms with Crippen molar-refractivity contribution >= 4 is 37.1 Å². The number of piperidine rings is 1. The van der Waals surface area contributed by atoms with E-state index in [-0.39, 0.29) is 10.5 Å². The molecule has 3 aromatic heterocycles. The summed E-state index contributed by atoms with van der Waals surface area (Å²) >= 11 is 3.37. The van der Waals surface area contributed by atoms with Gasteiger partial charge in [-0.2, -0.15) is 5.10 Å². The van der Waals surface area contributed by atoms with E-state index >= 15 is 0 Å². The molecule has 0 unspecified atom stereocenters. The highest BCUT2D eigenvalue weighted by Gasteiger charge is 2.25. The molecule has 0 amide bonds. The van der Waals surface area contributed by atoms with Crippen LogP contribution in [0.1, 0.15) is 25.8 Å². The molecule has 32 heavy (non-hydrogen) atoms. The molecule has 0 bridgehead atoms. The van der Waals surface area contributed by atoms with E-state index in [4.69, 9.17) is 0 Å². The molecule has 166 valence electrons. The molecule has 0 spiro atoms. The zero-order valence-electron chi connectivity index (χ0n) is 17.6. The minimum Gasteiger partial charge on any atom is -0.303 e. The molecule has 4 aromatic rings. The number of benzene rings is 1. The average Bonchev–Trinajstić information content (AvgIpc) is 3.45. The van der Waals surface area contributed by atoms with Crippen molar-refractivity contribution in [3.63, 3.8) is 0 Å². The summed E-state index contributed by atoms with van der Waals surface area (Å²) in [6, 6.07) is 8.69. The van der Waals surface area contributed by atoms with Crippen molar-refractivity contribution in [2.45, 2.75) is 30.7 Å². The van der Waals surface area contributed by atoms with E-state index in [9.17, 15) is 8.42 Å². The SMILES string of the molecule is CCN1CCC(n2cc(-c3cn(S(=O)(=O)c4ccccc4)c4ncc(Br)nc34)cn2)CC1. The summed E-state index contributed by atoms with van der Waals surface area (Å²) in [5.41, 5.74) is 2.31. The molecule has 4 heterocycles. The molecular formula is C22H23BrN6O2S. The maximum absolute atomic E-state index is 13.3. The Labute approximate surface area is 195 Å². The predicted molar refractivity (Wildman–Crippen MR) is 126 cm³/mol. The average molecular weight is 515 g/mol. The van der Waals surface area contributed by atoms with E-state index in [2.05, 4.69) is 42.8 Å². The monoisotopic (exact) mass is 514 g/mol. The first-order valence-electron chi connectivity index (χ1n) is 10.6. The van der Waals surface area contributed by atoms with Crippen LogP contribution in [0.15, 0.2) is 64.6 Å². The predicted octanol–water partition coefficient (Wildman–Crippen LogP) is 3.95. The van der Waals surface area contributed by atoms with Crippen molar-refractivity contribution in [3.8, 4) is 11.1 Å². The summed E-state index contributed by atoms with van der Waals surface area (Å²) in [4.78, 5) is 11.6. The van der Waals surface area contributed by atoms with Gasteiger partial charge in [0.05, 0.1) is 23.3 Å². The molecule has 1 aliphatic rings. The van der Waals surface area contributed by atoms with E-state index in [1.807, 2.05) is 10.9 Å². The number of hydrogen-bond acceptors (Lipinski definition) is 6. The number of nitrogens with zero attached hydrogens (tertiary/aromatic N) is 6. The molecule has 1 saturated heterocycles. The Morgan fingerprint density at radius 3 is 2.56 bits per heavy atom. The molecule has 0 radical (unpaired) electrons. The van der Waals surface area contributed by atoms with Gasteiger partial charge in [0.2, 0.25) is 0 Å². The highest BCUT2D eigenvalue weighted by molar-refractivity contribution is 9.10. The summed E-state index contributed by atoms with van der Waals surface area (Å²) in [6.07, 6.45) is 8.97. The van der Waals surface area contributed by atoms with Crippen LogP contribution in [0.2, 0.25) is 0 Å². The van der Waals surface area contributed by atoms with Crippen molar-refractivity contribution in [2.75, 3.05) is 19.6 Å². The van der Waals surface area contributed by atoms with E-state index < -0.39 is 10.0 Å². The van der Waals surface area contributed by atoms with Crippen LogP contribution in [0.5, 0.6) is 0 Å². The van der Waals surface area contributed by atoms with E-state index in [0.29, 0.717) is 21.7 Å². The number of fused-ring (bicyclic) bond motifs is 1. The summed E-state index contributed by atoms with van der Waals surface area (Å²) in [6.45, 7) is 5.37. The highest BCUT2D eigenvalue weighted by atomic mass is 79.9. The lowest BCUT2D eigenvalue weighted by molar-refractivity contribution is 0.187. The second kappa shape index (κ2) is 8.42. The van der Waals surface area contributed by atoms with Crippen LogP contribution in [0, 0.1) is 0 Å². The van der Waals surface area contributed by atoms with Gasteiger partial charge in [0, 0.05) is 36.6 Å². The van der Waals surface area contributed by atoms with E-state index in [1.165, 1.54) is 10.2 Å². The normalized spacial score (nSPS) is 16.1. The van der Waals surface area contributed by atoms with Crippen molar-refractivity contribution in [1.82, 2.24) is 28.6 Å². The summed E-state index contributed by atoms with van der Waals surface area (Å²) in [5, 5.41) is 4.61. The largest absolute Gasteiger partial charge is 0.303 e. The number of rotatable bonds is 5. The maximum atomic E-state index is 13.3. The first-order chi connectivity index (χ1) is 15.5. The molecule has 8 nitrogen and oxygen atoms in total. The van der Waals surface area contributed by atoms with Gasteiger partial charge in [-0.05, 0) is 47.4 Å². The van der Waals surface area contributed by atoms with Crippen LogP contribution in [-0.2, 0) is 10.0 Å². The summed E-state index contributed by atoms with van der Waals surface area (Å²) in [7, 11) is -3.82. The second-order valence-corrected chi connectivity index (χ2v) is 10.5. The van der Waals surface area contributed by atoms with Crippen molar-refractivity contribution in [2.24, 2.45) is 0 Å². The number of halogens is 1. The van der Waals surface area contributed by atoms with Gasteiger partial charge in [0.15, 0.2) is 5.65 Å². The van der Waals surface area contributed by atoms with Gasteiger partial charge >= 0.3 is 0 Å². The standard InChI is InChI=1S/C22H23BrN6O2S/c1-2-27-10-8-17(9-11-27)28-14-16(12-25-28)19-15-29(22-21(19)26-20(23)13-24-22)32(30,31)18-6-4-3-5-7-18/h3-7,12-15,17H,2,8-11H2,1H3. The minimum absolute atomic E-state index is 0.201. The molecule has 1 aliphatic heterocycles. The lowest BCUT2D eigenvalue weighted by Gasteiger charge is -2.31. The van der Waals surface area contributed by atoms with Crippen LogP contribution in [0.3, 0.4) is 0 Å². The van der Waals surface area contributed by atoms with Crippen molar-refractivity contribution < 1.29 is 8.42 Å². The lowest BCUT2D eigenvalue weighted by Crippen LogP contribution is -2.34. The molecule has 10 heteroatoms. The molecule has 0 aliphatic carbocycles. The van der Waals surface area contributed by atoms with Crippen LogP contribution in [0.4, 0.5) is 0 Å². The zero-order valence-corrected chi connectivity index (χ0v) is 20.0. The van der Waals surface area contributed by atoms with Crippen LogP contribution >= 0.6 is 15.9 Å². The molecule has 1 aromatic carbocycles. The first-order valence-corrected chi connectivity index (χ1v) is 12.8. The van der Waals surface area contributed by atoms with Crippen LogP contribution < -0.4 is 0 Å². The number of aromatic nitrogens is 5. The highest BCUT2D eigenvalue weighted by Crippen LogP contribution is 2.33. The fourth-order valence-corrected chi connectivity index (χ4v) is 5.83. The first kappa shape index (κ1) is 21.3. The third-order valence-corrected chi connectivity index (χ3v) is 8.07. The Hall–Kier alpha value is -2.56. The van der Waals surface area contributed by atoms with Crippen LogP contribution in [0.25, 0.3) is 22.3 Å². The molecule has 0 saturated carbocycles. The fraction of sp³-hybridized carbons (Fsp3) is 0.318. The van der Waals surface area contributed by atoms with Gasteiger partial charge in [-0.15, -0.1) is 0 Å². The molecule has 5 rings (SSSR count). The van der Waals surface area contributed by atoms with Gasteiger partial charge < -0.3 is 4.90 Å². The third kappa shape index (κ3) is 3.76. The number of hydrogen-bond donors (Lipinski definition) is 0. The Balaban J connectivity index is 1.57. The van der Waals surface area contributed by atoms with Gasteiger partial charge in [0.1, 0.15) is 10.1 Å². The molecule has 0 atom stereocenters. The van der Waals surface area contributed by atoms with Gasteiger partial charge in [-0.3, -0.25) is 4.68 Å². The van der Waals surface area contributed by atoms with Crippen molar-refractivity contribution in [3.05, 3.63) is 59.7 Å². The van der Waals surface area contributed by atoms with Gasteiger partial charge in [-0.1, -0.05) is 25.1 Å². The van der Waals surface area contributed by atoms with Gasteiger partial charge in [0.25, 0.3) is 10.0 Å². The smallest absolute Gasteiger partial charge is 0.269 e. The van der Waals surface area contributed by atoms with Gasteiger partial charge in [-0.25, -0.2) is 22.4 Å². The topological polar surface area (TPSA) is 85.9 Å². The van der Waals surface area contributed by atoms with E-state index in [0.717, 1.165) is 38.0 Å². The summed E-state index contributed by atoms with van der Waals surface area (Å²) in [5.74, 6) is 0. The Bertz CT molecular complexity index is 1360. The van der Waals surface area contributed by atoms with Crippen molar-refractivity contribution in [1.29, 1.82) is 0 Å². The second-order valence-electron chi connectivity index (χ2n) is 7.90. The summed E-state index contributed by atoms with van der Waals surface area (Å²) < 4.78 is 30.5. The quantitative estimate of drug-likeness (QED) is 0.400. The molecular weight excluding hydrogens is 492 g/mol. The Morgan fingerprint density at radius 2 is 1.84 bits per heavy atom. The van der Waals surface area contributed by atoms with Crippen LogP contribution in [-0.4, -0.2) is 56.7 Å². The molecule has 1 fully saturated rings. The Kier molecular flexibility index (Phi) is 5.60. The number of likely N-dealkylation sites (tertiary alicyclic amines) is 1. The Morgan fingerprint density at radius 1 is 1.09 bits per heavy atom. The minimum atomic E-state index is -3.82. The molecule has 0 N–H and O–H groups in total. The maximum Gasteiger partial charge on any atom is 0.269 e. The third-order valence-electron chi connectivity index (χ3n) is 6.02. The van der Waals surface area contributed by atoms with E-state index in [1.54, 1.807) is 42.7 Å². The zero-order chi connectivity index (χ0) is 22.3. The lowest BCUT2D eigenvalue weighted by atomic mass is 10.1. The fourth-order valence-electron chi connectivity index (χ4n) is 4.22.